The molecule has 1 unspecified atom stereocenters. The van der Waals surface area contributed by atoms with Crippen LogP contribution in [-0.4, -0.2) is 50.4 Å². The van der Waals surface area contributed by atoms with Gasteiger partial charge in [0, 0.05) is 39.0 Å². The molecule has 30 heavy (non-hydrogen) atoms. The zero-order valence-electron chi connectivity index (χ0n) is 18.4. The van der Waals surface area contributed by atoms with Crippen molar-refractivity contribution in [3.8, 4) is 11.5 Å². The lowest BCUT2D eigenvalue weighted by atomic mass is 10.0. The topological polar surface area (TPSA) is 92.5 Å². The molecule has 1 aromatic carbocycles. The minimum atomic E-state index is -0.143. The van der Waals surface area contributed by atoms with E-state index in [0.717, 1.165) is 49.8 Å². The molecular formula is C22H33N5O3. The number of hydrogen-bond donors (Lipinski definition) is 2. The third kappa shape index (κ3) is 5.11. The Morgan fingerprint density at radius 2 is 2.03 bits per heavy atom. The highest BCUT2D eigenvalue weighted by Crippen LogP contribution is 2.28. The monoisotopic (exact) mass is 415 g/mol. The lowest BCUT2D eigenvalue weighted by Crippen LogP contribution is -2.34. The van der Waals surface area contributed by atoms with Gasteiger partial charge in [0.05, 0.1) is 12.6 Å². The number of rotatable bonds is 8. The SMILES string of the molecule is CCOc1cc(CN2CCc3nnc(C(NC(=O)CC)C(C)C)n3CC2)ccc1O. The number of aromatic hydroxyl groups is 1. The summed E-state index contributed by atoms with van der Waals surface area (Å²) in [4.78, 5) is 14.4. The summed E-state index contributed by atoms with van der Waals surface area (Å²) in [6, 6.07) is 5.39. The number of benzene rings is 1. The summed E-state index contributed by atoms with van der Waals surface area (Å²) in [5, 5.41) is 21.9. The van der Waals surface area contributed by atoms with Crippen molar-refractivity contribution in [2.75, 3.05) is 19.7 Å². The van der Waals surface area contributed by atoms with Crippen molar-refractivity contribution in [3.05, 3.63) is 35.4 Å². The Kier molecular flexibility index (Phi) is 7.31. The largest absolute Gasteiger partial charge is 0.504 e. The standard InChI is InChI=1S/C22H33N5O3/c1-5-20(29)23-21(15(3)4)22-25-24-19-9-10-26(11-12-27(19)22)14-16-7-8-17(28)18(13-16)30-6-2/h7-8,13,15,21,28H,5-6,9-12,14H2,1-4H3,(H,23,29). The Balaban J connectivity index is 1.72. The molecule has 0 saturated heterocycles. The van der Waals surface area contributed by atoms with Crippen LogP contribution in [0.15, 0.2) is 18.2 Å². The van der Waals surface area contributed by atoms with Crippen molar-refractivity contribution in [1.82, 2.24) is 25.0 Å². The molecule has 8 nitrogen and oxygen atoms in total. The fourth-order valence-electron chi connectivity index (χ4n) is 3.77. The quantitative estimate of drug-likeness (QED) is 0.689. The van der Waals surface area contributed by atoms with Crippen molar-refractivity contribution in [2.24, 2.45) is 5.92 Å². The second-order valence-electron chi connectivity index (χ2n) is 8.03. The Morgan fingerprint density at radius 3 is 2.73 bits per heavy atom. The Morgan fingerprint density at radius 1 is 1.23 bits per heavy atom. The molecule has 1 atom stereocenters. The average molecular weight is 416 g/mol. The van der Waals surface area contributed by atoms with Crippen molar-refractivity contribution in [2.45, 2.75) is 59.7 Å². The number of ether oxygens (including phenoxy) is 1. The number of phenolic OH excluding ortho intramolecular Hbond substituents is 1. The zero-order chi connectivity index (χ0) is 21.7. The molecule has 2 N–H and O–H groups in total. The van der Waals surface area contributed by atoms with Gasteiger partial charge in [-0.1, -0.05) is 26.8 Å². The number of amides is 1. The van der Waals surface area contributed by atoms with Crippen LogP contribution in [0.5, 0.6) is 11.5 Å². The van der Waals surface area contributed by atoms with E-state index in [1.807, 2.05) is 26.0 Å². The molecule has 1 amide bonds. The van der Waals surface area contributed by atoms with E-state index in [2.05, 4.69) is 38.8 Å². The molecule has 0 saturated carbocycles. The number of carbonyl (C=O) groups is 1. The molecule has 0 spiro atoms. The summed E-state index contributed by atoms with van der Waals surface area (Å²) in [5.74, 6) is 2.74. The van der Waals surface area contributed by atoms with E-state index in [-0.39, 0.29) is 23.6 Å². The molecule has 3 rings (SSSR count). The maximum atomic E-state index is 12.0. The van der Waals surface area contributed by atoms with Crippen molar-refractivity contribution in [3.63, 3.8) is 0 Å². The van der Waals surface area contributed by atoms with Crippen LogP contribution in [-0.2, 0) is 24.3 Å². The van der Waals surface area contributed by atoms with Crippen LogP contribution in [0.1, 0.15) is 57.4 Å². The van der Waals surface area contributed by atoms with Gasteiger partial charge in [-0.2, -0.15) is 0 Å². The predicted molar refractivity (Wildman–Crippen MR) is 114 cm³/mol. The Bertz CT molecular complexity index is 864. The van der Waals surface area contributed by atoms with E-state index in [1.165, 1.54) is 0 Å². The summed E-state index contributed by atoms with van der Waals surface area (Å²) in [7, 11) is 0. The van der Waals surface area contributed by atoms with Gasteiger partial charge in [0.1, 0.15) is 5.82 Å². The van der Waals surface area contributed by atoms with Gasteiger partial charge in [0.2, 0.25) is 5.91 Å². The molecule has 1 aromatic heterocycles. The van der Waals surface area contributed by atoms with Gasteiger partial charge in [-0.3, -0.25) is 9.69 Å². The third-order valence-corrected chi connectivity index (χ3v) is 5.46. The number of fused-ring (bicyclic) bond motifs is 1. The van der Waals surface area contributed by atoms with Crippen molar-refractivity contribution >= 4 is 5.91 Å². The number of hydrogen-bond acceptors (Lipinski definition) is 6. The van der Waals surface area contributed by atoms with Gasteiger partial charge < -0.3 is 19.7 Å². The molecule has 2 heterocycles. The maximum absolute atomic E-state index is 12.0. The van der Waals surface area contributed by atoms with Crippen molar-refractivity contribution in [1.29, 1.82) is 0 Å². The summed E-state index contributed by atoms with van der Waals surface area (Å²) < 4.78 is 7.68. The van der Waals surface area contributed by atoms with Crippen molar-refractivity contribution < 1.29 is 14.6 Å². The smallest absolute Gasteiger partial charge is 0.220 e. The van der Waals surface area contributed by atoms with E-state index >= 15 is 0 Å². The minimum absolute atomic E-state index is 0.0266. The second kappa shape index (κ2) is 9.93. The summed E-state index contributed by atoms with van der Waals surface area (Å²) in [6.07, 6.45) is 1.25. The van der Waals surface area contributed by atoms with Gasteiger partial charge in [0.25, 0.3) is 0 Å². The normalized spacial score (nSPS) is 15.5. The molecular weight excluding hydrogens is 382 g/mol. The van der Waals surface area contributed by atoms with E-state index < -0.39 is 0 Å². The van der Waals surface area contributed by atoms with Crippen LogP contribution in [0.2, 0.25) is 0 Å². The Hall–Kier alpha value is -2.61. The number of nitrogens with zero attached hydrogens (tertiary/aromatic N) is 4. The van der Waals surface area contributed by atoms with Gasteiger partial charge in [-0.15, -0.1) is 10.2 Å². The van der Waals surface area contributed by atoms with E-state index in [0.29, 0.717) is 18.8 Å². The Labute approximate surface area is 178 Å². The molecule has 8 heteroatoms. The molecule has 164 valence electrons. The number of carbonyl (C=O) groups excluding carboxylic acids is 1. The molecule has 0 bridgehead atoms. The average Bonchev–Trinajstić information content (AvgIpc) is 3.02. The van der Waals surface area contributed by atoms with Crippen LogP contribution in [0.4, 0.5) is 0 Å². The van der Waals surface area contributed by atoms with Crippen LogP contribution in [0.3, 0.4) is 0 Å². The van der Waals surface area contributed by atoms with Crippen LogP contribution in [0, 0.1) is 5.92 Å². The third-order valence-electron chi connectivity index (χ3n) is 5.46. The van der Waals surface area contributed by atoms with Crippen LogP contribution < -0.4 is 10.1 Å². The van der Waals surface area contributed by atoms with Gasteiger partial charge in [-0.05, 0) is 30.5 Å². The summed E-state index contributed by atoms with van der Waals surface area (Å²) >= 11 is 0. The van der Waals surface area contributed by atoms with Gasteiger partial charge in [-0.25, -0.2) is 0 Å². The number of phenols is 1. The van der Waals surface area contributed by atoms with E-state index in [4.69, 9.17) is 4.74 Å². The highest BCUT2D eigenvalue weighted by molar-refractivity contribution is 5.75. The van der Waals surface area contributed by atoms with Gasteiger partial charge >= 0.3 is 0 Å². The first-order chi connectivity index (χ1) is 14.4. The minimum Gasteiger partial charge on any atom is -0.504 e. The molecule has 0 radical (unpaired) electrons. The molecule has 0 fully saturated rings. The first kappa shape index (κ1) is 22.1. The zero-order valence-corrected chi connectivity index (χ0v) is 18.4. The molecule has 1 aliphatic rings. The van der Waals surface area contributed by atoms with Gasteiger partial charge in [0.15, 0.2) is 17.3 Å². The summed E-state index contributed by atoms with van der Waals surface area (Å²) in [5.41, 5.74) is 1.10. The fraction of sp³-hybridized carbons (Fsp3) is 0.591. The first-order valence-corrected chi connectivity index (χ1v) is 10.8. The van der Waals surface area contributed by atoms with Crippen LogP contribution in [0.25, 0.3) is 0 Å². The molecule has 0 aliphatic carbocycles. The molecule has 2 aromatic rings. The predicted octanol–water partition coefficient (Wildman–Crippen LogP) is 2.66. The first-order valence-electron chi connectivity index (χ1n) is 10.8. The van der Waals surface area contributed by atoms with Crippen LogP contribution >= 0.6 is 0 Å². The summed E-state index contributed by atoms with van der Waals surface area (Å²) in [6.45, 7) is 11.7. The fourth-order valence-corrected chi connectivity index (χ4v) is 3.77. The van der Waals surface area contributed by atoms with E-state index in [9.17, 15) is 9.90 Å². The lowest BCUT2D eigenvalue weighted by Gasteiger charge is -2.23. The van der Waals surface area contributed by atoms with E-state index in [1.54, 1.807) is 6.07 Å². The number of nitrogens with one attached hydrogen (secondary N) is 1. The maximum Gasteiger partial charge on any atom is 0.220 e. The highest BCUT2D eigenvalue weighted by atomic mass is 16.5. The highest BCUT2D eigenvalue weighted by Gasteiger charge is 2.27. The number of aromatic nitrogens is 3. The molecule has 1 aliphatic heterocycles. The second-order valence-corrected chi connectivity index (χ2v) is 8.03. The lowest BCUT2D eigenvalue weighted by molar-refractivity contribution is -0.121.